The Balaban J connectivity index is 2.58. The summed E-state index contributed by atoms with van der Waals surface area (Å²) in [5.41, 5.74) is 0.258. The van der Waals surface area contributed by atoms with Crippen molar-refractivity contribution in [2.45, 2.75) is 25.9 Å². The van der Waals surface area contributed by atoms with E-state index in [4.69, 9.17) is 9.52 Å². The van der Waals surface area contributed by atoms with Gasteiger partial charge in [0.1, 0.15) is 11.3 Å². The van der Waals surface area contributed by atoms with E-state index in [9.17, 15) is 4.79 Å². The first-order valence-electron chi connectivity index (χ1n) is 5.55. The molecule has 0 aliphatic rings. The molecule has 0 aromatic carbocycles. The molecule has 1 aromatic rings. The third-order valence-corrected chi connectivity index (χ3v) is 3.50. The highest BCUT2D eigenvalue weighted by atomic mass is 32.2. The van der Waals surface area contributed by atoms with Crippen LogP contribution in [-0.2, 0) is 6.54 Å². The van der Waals surface area contributed by atoms with Crippen LogP contribution < -0.4 is 0 Å². The molecule has 5 heteroatoms. The van der Waals surface area contributed by atoms with Crippen LogP contribution in [0, 0.1) is 0 Å². The number of carbonyl (C=O) groups is 1. The summed E-state index contributed by atoms with van der Waals surface area (Å²) in [7, 11) is 1.99. The maximum atomic E-state index is 10.9. The summed E-state index contributed by atoms with van der Waals surface area (Å²) in [6, 6.07) is 1.91. The lowest BCUT2D eigenvalue weighted by Gasteiger charge is -2.23. The lowest BCUT2D eigenvalue weighted by Crippen LogP contribution is -2.29. The third-order valence-electron chi connectivity index (χ3n) is 2.86. The minimum Gasteiger partial charge on any atom is -0.478 e. The van der Waals surface area contributed by atoms with E-state index in [1.807, 2.05) is 18.8 Å². The fraction of sp³-hybridized carbons (Fsp3) is 0.583. The molecule has 0 bridgehead atoms. The van der Waals surface area contributed by atoms with E-state index in [1.165, 1.54) is 12.3 Å². The zero-order valence-corrected chi connectivity index (χ0v) is 11.3. The number of hydrogen-bond donors (Lipinski definition) is 1. The van der Waals surface area contributed by atoms with Crippen molar-refractivity contribution in [2.24, 2.45) is 0 Å². The molecule has 0 radical (unpaired) electrons. The second-order valence-electron chi connectivity index (χ2n) is 4.11. The van der Waals surface area contributed by atoms with Gasteiger partial charge in [-0.15, -0.1) is 0 Å². The van der Waals surface area contributed by atoms with Crippen molar-refractivity contribution in [3.05, 3.63) is 23.7 Å². The van der Waals surface area contributed by atoms with Crippen molar-refractivity contribution >= 4 is 17.7 Å². The largest absolute Gasteiger partial charge is 0.478 e. The number of hydrogen-bond acceptors (Lipinski definition) is 4. The molecule has 0 amide bonds. The van der Waals surface area contributed by atoms with Crippen LogP contribution in [0.1, 0.15) is 29.5 Å². The predicted molar refractivity (Wildman–Crippen MR) is 69.6 cm³/mol. The maximum Gasteiger partial charge on any atom is 0.339 e. The highest BCUT2D eigenvalue weighted by Crippen LogP contribution is 2.15. The molecule has 0 fully saturated rings. The van der Waals surface area contributed by atoms with Gasteiger partial charge in [0.25, 0.3) is 0 Å². The number of carboxylic acid groups (broad SMARTS) is 1. The Morgan fingerprint density at radius 1 is 1.65 bits per heavy atom. The second-order valence-corrected chi connectivity index (χ2v) is 5.09. The minimum absolute atomic E-state index is 0.258. The molecular weight excluding hydrogens is 238 g/mol. The molecule has 4 nitrogen and oxygen atoms in total. The minimum atomic E-state index is -0.932. The van der Waals surface area contributed by atoms with E-state index in [-0.39, 0.29) is 5.56 Å². The van der Waals surface area contributed by atoms with Gasteiger partial charge in [0.05, 0.1) is 12.8 Å². The summed E-state index contributed by atoms with van der Waals surface area (Å²) >= 11 is 1.82. The fourth-order valence-electron chi connectivity index (χ4n) is 1.54. The van der Waals surface area contributed by atoms with Crippen LogP contribution in [0.25, 0.3) is 0 Å². The average molecular weight is 257 g/mol. The SMILES string of the molecule is CSCCC(C)N(C)Cc1occc1C(=O)O. The van der Waals surface area contributed by atoms with E-state index in [0.717, 1.165) is 12.2 Å². The molecule has 96 valence electrons. The van der Waals surface area contributed by atoms with Gasteiger partial charge in [0.2, 0.25) is 0 Å². The lowest BCUT2D eigenvalue weighted by molar-refractivity contribution is 0.0692. The Hall–Kier alpha value is -0.940. The van der Waals surface area contributed by atoms with Gasteiger partial charge < -0.3 is 9.52 Å². The Kier molecular flexibility index (Phi) is 5.58. The summed E-state index contributed by atoms with van der Waals surface area (Å²) in [4.78, 5) is 13.0. The molecule has 0 saturated heterocycles. The predicted octanol–water partition coefficient (Wildman–Crippen LogP) is 2.55. The topological polar surface area (TPSA) is 53.7 Å². The monoisotopic (exact) mass is 257 g/mol. The molecule has 1 rings (SSSR count). The Morgan fingerprint density at radius 3 is 2.94 bits per heavy atom. The molecule has 1 N–H and O–H groups in total. The molecule has 0 spiro atoms. The van der Waals surface area contributed by atoms with Crippen LogP contribution >= 0.6 is 11.8 Å². The first-order valence-corrected chi connectivity index (χ1v) is 6.94. The van der Waals surface area contributed by atoms with E-state index in [0.29, 0.717) is 18.3 Å². The van der Waals surface area contributed by atoms with Crippen molar-refractivity contribution in [1.82, 2.24) is 4.90 Å². The van der Waals surface area contributed by atoms with Gasteiger partial charge in [-0.25, -0.2) is 4.79 Å². The van der Waals surface area contributed by atoms with Crippen molar-refractivity contribution < 1.29 is 14.3 Å². The maximum absolute atomic E-state index is 10.9. The molecule has 0 saturated carbocycles. The second kappa shape index (κ2) is 6.71. The zero-order chi connectivity index (χ0) is 12.8. The van der Waals surface area contributed by atoms with Crippen molar-refractivity contribution in [2.75, 3.05) is 19.1 Å². The highest BCUT2D eigenvalue weighted by molar-refractivity contribution is 7.98. The molecule has 0 aliphatic carbocycles. The fourth-order valence-corrected chi connectivity index (χ4v) is 2.12. The van der Waals surface area contributed by atoms with E-state index in [1.54, 1.807) is 0 Å². The Labute approximate surface area is 106 Å². The molecule has 0 aliphatic heterocycles. The molecule has 1 atom stereocenters. The van der Waals surface area contributed by atoms with Crippen LogP contribution in [-0.4, -0.2) is 41.1 Å². The van der Waals surface area contributed by atoms with Gasteiger partial charge in [-0.1, -0.05) is 0 Å². The molecule has 17 heavy (non-hydrogen) atoms. The van der Waals surface area contributed by atoms with E-state index >= 15 is 0 Å². The van der Waals surface area contributed by atoms with Gasteiger partial charge >= 0.3 is 5.97 Å². The quantitative estimate of drug-likeness (QED) is 0.813. The standard InChI is InChI=1S/C12H19NO3S/c1-9(5-7-17-3)13(2)8-11-10(12(14)15)4-6-16-11/h4,6,9H,5,7-8H2,1-3H3,(H,14,15). The van der Waals surface area contributed by atoms with Gasteiger partial charge in [-0.05, 0) is 38.5 Å². The third kappa shape index (κ3) is 4.09. The highest BCUT2D eigenvalue weighted by Gasteiger charge is 2.17. The van der Waals surface area contributed by atoms with Crippen molar-refractivity contribution in [3.63, 3.8) is 0 Å². The van der Waals surface area contributed by atoms with Gasteiger partial charge in [-0.2, -0.15) is 11.8 Å². The number of nitrogens with zero attached hydrogens (tertiary/aromatic N) is 1. The summed E-state index contributed by atoms with van der Waals surface area (Å²) < 4.78 is 5.22. The number of carboxylic acids is 1. The number of rotatable bonds is 7. The smallest absolute Gasteiger partial charge is 0.339 e. The Bertz CT molecular complexity index is 364. The van der Waals surface area contributed by atoms with Crippen LogP contribution in [0.5, 0.6) is 0 Å². The molecular formula is C12H19NO3S. The zero-order valence-electron chi connectivity index (χ0n) is 10.5. The van der Waals surface area contributed by atoms with Crippen molar-refractivity contribution in [1.29, 1.82) is 0 Å². The lowest BCUT2D eigenvalue weighted by atomic mass is 10.2. The van der Waals surface area contributed by atoms with Gasteiger partial charge in [0, 0.05) is 6.04 Å². The Morgan fingerprint density at radius 2 is 2.35 bits per heavy atom. The number of aromatic carboxylic acids is 1. The van der Waals surface area contributed by atoms with Crippen LogP contribution in [0.2, 0.25) is 0 Å². The van der Waals surface area contributed by atoms with E-state index in [2.05, 4.69) is 18.1 Å². The summed E-state index contributed by atoms with van der Waals surface area (Å²) in [6.45, 7) is 2.67. The normalized spacial score (nSPS) is 12.9. The van der Waals surface area contributed by atoms with Crippen LogP contribution in [0.3, 0.4) is 0 Å². The van der Waals surface area contributed by atoms with Gasteiger partial charge in [0.15, 0.2) is 0 Å². The van der Waals surface area contributed by atoms with Crippen LogP contribution in [0.4, 0.5) is 0 Å². The molecule has 1 aromatic heterocycles. The number of furan rings is 1. The average Bonchev–Trinajstić information content (AvgIpc) is 2.73. The summed E-state index contributed by atoms with van der Waals surface area (Å²) in [5, 5.41) is 8.97. The summed E-state index contributed by atoms with van der Waals surface area (Å²) in [6.07, 6.45) is 4.60. The number of thioether (sulfide) groups is 1. The van der Waals surface area contributed by atoms with Crippen LogP contribution in [0.15, 0.2) is 16.7 Å². The molecule has 1 unspecified atom stereocenters. The van der Waals surface area contributed by atoms with Gasteiger partial charge in [-0.3, -0.25) is 4.90 Å². The first-order chi connectivity index (χ1) is 8.06. The van der Waals surface area contributed by atoms with E-state index < -0.39 is 5.97 Å². The van der Waals surface area contributed by atoms with Crippen molar-refractivity contribution in [3.8, 4) is 0 Å². The summed E-state index contributed by atoms with van der Waals surface area (Å²) in [5.74, 6) is 0.699. The molecule has 1 heterocycles. The first kappa shape index (κ1) is 14.1.